The van der Waals surface area contributed by atoms with Crippen molar-refractivity contribution in [3.63, 3.8) is 0 Å². The summed E-state index contributed by atoms with van der Waals surface area (Å²) in [6.07, 6.45) is 2.52. The van der Waals surface area contributed by atoms with Crippen molar-refractivity contribution in [3.05, 3.63) is 22.4 Å². The number of aromatic nitrogens is 4. The van der Waals surface area contributed by atoms with E-state index in [0.29, 0.717) is 12.5 Å². The Kier molecular flexibility index (Phi) is 4.87. The maximum absolute atomic E-state index is 12.3. The monoisotopic (exact) mass is 335 g/mol. The molecule has 3 rings (SSSR count). The number of thiazole rings is 1. The van der Waals surface area contributed by atoms with Crippen LogP contribution in [0.2, 0.25) is 0 Å². The lowest BCUT2D eigenvalue weighted by Crippen LogP contribution is -2.38. The highest BCUT2D eigenvalue weighted by Gasteiger charge is 2.20. The number of hydrogen-bond donors (Lipinski definition) is 1. The molecule has 1 N–H and O–H groups in total. The molecule has 0 bridgehead atoms. The van der Waals surface area contributed by atoms with Crippen LogP contribution in [0, 0.1) is 6.92 Å². The van der Waals surface area contributed by atoms with E-state index in [2.05, 4.69) is 30.8 Å². The predicted octanol–water partition coefficient (Wildman–Crippen LogP) is 1.32. The van der Waals surface area contributed by atoms with Crippen LogP contribution in [0.5, 0.6) is 0 Å². The van der Waals surface area contributed by atoms with Gasteiger partial charge >= 0.3 is 6.03 Å². The molecule has 3 heterocycles. The van der Waals surface area contributed by atoms with Crippen molar-refractivity contribution >= 4 is 23.3 Å². The number of carbonyl (C=O) groups excluding carboxylic acids is 1. The first kappa shape index (κ1) is 15.9. The topological polar surface area (TPSA) is 79.2 Å². The van der Waals surface area contributed by atoms with Crippen molar-refractivity contribution in [1.29, 1.82) is 0 Å². The van der Waals surface area contributed by atoms with Gasteiger partial charge in [0, 0.05) is 45.2 Å². The zero-order valence-corrected chi connectivity index (χ0v) is 14.2. The van der Waals surface area contributed by atoms with Gasteiger partial charge in [0.05, 0.1) is 10.7 Å². The minimum absolute atomic E-state index is 0.118. The van der Waals surface area contributed by atoms with Gasteiger partial charge in [-0.3, -0.25) is 10.2 Å². The molecule has 0 aliphatic carbocycles. The Morgan fingerprint density at radius 2 is 2.22 bits per heavy atom. The highest BCUT2D eigenvalue weighted by atomic mass is 32.1. The summed E-state index contributed by atoms with van der Waals surface area (Å²) < 4.78 is 1.69. The van der Waals surface area contributed by atoms with E-state index in [1.54, 1.807) is 29.3 Å². The van der Waals surface area contributed by atoms with Crippen LogP contribution in [0.25, 0.3) is 0 Å². The molecule has 1 aliphatic heterocycles. The van der Waals surface area contributed by atoms with Gasteiger partial charge in [0.2, 0.25) is 5.95 Å². The van der Waals surface area contributed by atoms with Crippen LogP contribution in [-0.2, 0) is 13.6 Å². The third-order valence-electron chi connectivity index (χ3n) is 3.86. The normalized spacial score (nSPS) is 16.3. The lowest BCUT2D eigenvalue weighted by atomic mass is 10.3. The molecular formula is C14H21N7OS. The zero-order chi connectivity index (χ0) is 16.2. The number of rotatable bonds is 3. The second-order valence-corrected chi connectivity index (χ2v) is 6.73. The quantitative estimate of drug-likeness (QED) is 0.915. The summed E-state index contributed by atoms with van der Waals surface area (Å²) in [6.45, 7) is 6.15. The molecule has 1 saturated heterocycles. The first-order chi connectivity index (χ1) is 11.1. The smallest absolute Gasteiger partial charge is 0.323 e. The Hall–Kier alpha value is -2.00. The SMILES string of the molecule is Cc1nc(CN2CCCN(C(=O)Nc3nncn3C)CC2)cs1. The van der Waals surface area contributed by atoms with Crippen molar-refractivity contribution in [3.8, 4) is 0 Å². The van der Waals surface area contributed by atoms with Crippen LogP contribution in [-0.4, -0.2) is 61.8 Å². The number of anilines is 1. The molecule has 124 valence electrons. The lowest BCUT2D eigenvalue weighted by Gasteiger charge is -2.21. The molecule has 2 aromatic heterocycles. The van der Waals surface area contributed by atoms with Crippen molar-refractivity contribution in [2.45, 2.75) is 19.9 Å². The van der Waals surface area contributed by atoms with Gasteiger partial charge in [0.25, 0.3) is 0 Å². The fourth-order valence-corrected chi connectivity index (χ4v) is 3.22. The Labute approximate surface area is 139 Å². The van der Waals surface area contributed by atoms with Gasteiger partial charge in [-0.15, -0.1) is 21.5 Å². The summed E-state index contributed by atoms with van der Waals surface area (Å²) in [4.78, 5) is 21.0. The summed E-state index contributed by atoms with van der Waals surface area (Å²) in [7, 11) is 1.80. The Balaban J connectivity index is 1.53. The summed E-state index contributed by atoms with van der Waals surface area (Å²) in [5, 5.41) is 13.7. The lowest BCUT2D eigenvalue weighted by molar-refractivity contribution is 0.210. The molecule has 0 aromatic carbocycles. The maximum atomic E-state index is 12.3. The van der Waals surface area contributed by atoms with Gasteiger partial charge in [-0.2, -0.15) is 0 Å². The van der Waals surface area contributed by atoms with Gasteiger partial charge in [-0.25, -0.2) is 9.78 Å². The largest absolute Gasteiger partial charge is 0.324 e. The number of nitrogens with one attached hydrogen (secondary N) is 1. The van der Waals surface area contributed by atoms with E-state index in [4.69, 9.17) is 0 Å². The van der Waals surface area contributed by atoms with Gasteiger partial charge < -0.3 is 9.47 Å². The van der Waals surface area contributed by atoms with E-state index in [0.717, 1.165) is 43.3 Å². The molecule has 0 spiro atoms. The standard InChI is InChI=1S/C14H21N7OS/c1-11-16-12(9-23-11)8-20-4-3-5-21(7-6-20)14(22)17-13-18-15-10-19(13)2/h9-10H,3-8H2,1-2H3,(H,17,18,22). The fourth-order valence-electron chi connectivity index (χ4n) is 2.61. The Bertz CT molecular complexity index is 668. The van der Waals surface area contributed by atoms with Crippen molar-refractivity contribution in [1.82, 2.24) is 29.5 Å². The molecule has 0 atom stereocenters. The van der Waals surface area contributed by atoms with E-state index in [-0.39, 0.29) is 6.03 Å². The number of carbonyl (C=O) groups is 1. The van der Waals surface area contributed by atoms with E-state index in [1.807, 2.05) is 11.8 Å². The number of aryl methyl sites for hydroxylation is 2. The molecule has 0 radical (unpaired) electrons. The average Bonchev–Trinajstić information content (AvgIpc) is 3.02. The minimum Gasteiger partial charge on any atom is -0.323 e. The molecule has 2 aromatic rings. The minimum atomic E-state index is -0.118. The molecule has 8 nitrogen and oxygen atoms in total. The molecule has 0 saturated carbocycles. The van der Waals surface area contributed by atoms with Gasteiger partial charge in [0.15, 0.2) is 0 Å². The Morgan fingerprint density at radius 1 is 1.35 bits per heavy atom. The predicted molar refractivity (Wildman–Crippen MR) is 88.3 cm³/mol. The van der Waals surface area contributed by atoms with Gasteiger partial charge in [-0.1, -0.05) is 0 Å². The first-order valence-electron chi connectivity index (χ1n) is 7.65. The Morgan fingerprint density at radius 3 is 2.91 bits per heavy atom. The van der Waals surface area contributed by atoms with Crippen LogP contribution in [0.1, 0.15) is 17.1 Å². The summed E-state index contributed by atoms with van der Waals surface area (Å²) in [5.41, 5.74) is 1.12. The number of nitrogens with zero attached hydrogens (tertiary/aromatic N) is 6. The molecule has 9 heteroatoms. The highest BCUT2D eigenvalue weighted by molar-refractivity contribution is 7.09. The third-order valence-corrected chi connectivity index (χ3v) is 4.68. The summed E-state index contributed by atoms with van der Waals surface area (Å²) >= 11 is 1.68. The molecule has 2 amide bonds. The van der Waals surface area contributed by atoms with E-state index in [9.17, 15) is 4.79 Å². The second kappa shape index (κ2) is 7.05. The van der Waals surface area contributed by atoms with E-state index >= 15 is 0 Å². The second-order valence-electron chi connectivity index (χ2n) is 5.67. The van der Waals surface area contributed by atoms with E-state index in [1.165, 1.54) is 0 Å². The fraction of sp³-hybridized carbons (Fsp3) is 0.571. The van der Waals surface area contributed by atoms with Crippen molar-refractivity contribution < 1.29 is 4.79 Å². The summed E-state index contributed by atoms with van der Waals surface area (Å²) in [5.74, 6) is 0.467. The van der Waals surface area contributed by atoms with Gasteiger partial charge in [-0.05, 0) is 13.3 Å². The molecule has 1 aliphatic rings. The van der Waals surface area contributed by atoms with Crippen molar-refractivity contribution in [2.75, 3.05) is 31.5 Å². The van der Waals surface area contributed by atoms with Crippen LogP contribution < -0.4 is 5.32 Å². The van der Waals surface area contributed by atoms with E-state index < -0.39 is 0 Å². The van der Waals surface area contributed by atoms with Crippen LogP contribution >= 0.6 is 11.3 Å². The first-order valence-corrected chi connectivity index (χ1v) is 8.53. The highest BCUT2D eigenvalue weighted by Crippen LogP contribution is 2.13. The molecule has 0 unspecified atom stereocenters. The van der Waals surface area contributed by atoms with Gasteiger partial charge in [0.1, 0.15) is 6.33 Å². The number of urea groups is 1. The zero-order valence-electron chi connectivity index (χ0n) is 13.4. The van der Waals surface area contributed by atoms with Crippen LogP contribution in [0.3, 0.4) is 0 Å². The molecule has 1 fully saturated rings. The molecular weight excluding hydrogens is 314 g/mol. The maximum Gasteiger partial charge on any atom is 0.324 e. The molecule has 23 heavy (non-hydrogen) atoms. The third kappa shape index (κ3) is 4.05. The van der Waals surface area contributed by atoms with Crippen LogP contribution in [0.15, 0.2) is 11.7 Å². The average molecular weight is 335 g/mol. The number of hydrogen-bond acceptors (Lipinski definition) is 6. The summed E-state index contributed by atoms with van der Waals surface area (Å²) in [6, 6.07) is -0.118. The van der Waals surface area contributed by atoms with Crippen LogP contribution in [0.4, 0.5) is 10.7 Å². The number of amides is 2. The van der Waals surface area contributed by atoms with Crippen molar-refractivity contribution in [2.24, 2.45) is 7.05 Å².